The molecule has 2 aliphatic rings. The van der Waals surface area contributed by atoms with Crippen molar-refractivity contribution in [1.82, 2.24) is 15.5 Å². The number of amidine groups is 1. The van der Waals surface area contributed by atoms with E-state index in [1.165, 1.54) is 30.5 Å². The number of carboxylic acid groups (broad SMARTS) is 1. The van der Waals surface area contributed by atoms with Gasteiger partial charge in [-0.15, -0.1) is 11.8 Å². The number of nitrogens with one attached hydrogen (secondary N) is 2. The highest BCUT2D eigenvalue weighted by Gasteiger charge is 2.64. The number of aliphatic carboxylic acids is 1. The molecular formula is C22H29N5O6S. The number of carbonyl (C=O) groups is 4. The van der Waals surface area contributed by atoms with Gasteiger partial charge in [0.2, 0.25) is 17.7 Å². The van der Waals surface area contributed by atoms with Gasteiger partial charge >= 0.3 is 5.97 Å². The van der Waals surface area contributed by atoms with E-state index in [0.717, 1.165) is 0 Å². The molecule has 2 fully saturated rings. The van der Waals surface area contributed by atoms with E-state index >= 15 is 0 Å². The molecule has 0 radical (unpaired) electrons. The van der Waals surface area contributed by atoms with E-state index in [0.29, 0.717) is 5.56 Å². The van der Waals surface area contributed by atoms with Crippen LogP contribution < -0.4 is 16.4 Å². The quantitative estimate of drug-likeness (QED) is 0.185. The molecule has 3 rings (SSSR count). The molecule has 0 bridgehead atoms. The second kappa shape index (κ2) is 9.26. The third-order valence-corrected chi connectivity index (χ3v) is 7.26. The summed E-state index contributed by atoms with van der Waals surface area (Å²) in [6, 6.07) is 5.45. The van der Waals surface area contributed by atoms with Crippen molar-refractivity contribution in [2.24, 2.45) is 10.7 Å². The van der Waals surface area contributed by atoms with Gasteiger partial charge in [-0.05, 0) is 33.3 Å². The van der Waals surface area contributed by atoms with E-state index in [-0.39, 0.29) is 5.84 Å². The Morgan fingerprint density at radius 1 is 1.26 bits per heavy atom. The standard InChI is InChI=1S/C22H29N5O6S/c1-21(2,33)20(23)24-10-12(28)25-13(11-8-6-5-7-9-11)16(29)26-14-17(30)27-15(19(31)32)22(3,4)34-18(14)27/h5-9,13-15,18,33H,10H2,1-4H3,(H2,23,24)(H,25,28)(H,26,29)(H,31,32)/t13?,14-,15+,18-/m1/s1. The molecule has 3 amide bonds. The van der Waals surface area contributed by atoms with Crippen molar-refractivity contribution in [1.29, 1.82) is 0 Å². The Bertz CT molecular complexity index is 1020. The summed E-state index contributed by atoms with van der Waals surface area (Å²) in [5, 5.41) is 24.1. The molecule has 2 heterocycles. The maximum atomic E-state index is 13.2. The number of carbonyl (C=O) groups excluding carboxylic acids is 3. The molecule has 0 aromatic heterocycles. The third kappa shape index (κ3) is 5.02. The number of amides is 3. The highest BCUT2D eigenvalue weighted by atomic mass is 32.2. The molecule has 1 unspecified atom stereocenters. The highest BCUT2D eigenvalue weighted by molar-refractivity contribution is 8.01. The fourth-order valence-electron chi connectivity index (χ4n) is 3.88. The zero-order valence-electron chi connectivity index (χ0n) is 19.3. The number of β-lactam (4-membered cyclic amide) rings is 1. The molecule has 12 heteroatoms. The lowest BCUT2D eigenvalue weighted by molar-refractivity contribution is -0.161. The van der Waals surface area contributed by atoms with E-state index < -0.39 is 64.1 Å². The molecule has 1 aromatic rings. The summed E-state index contributed by atoms with van der Waals surface area (Å²) >= 11 is 1.31. The van der Waals surface area contributed by atoms with Gasteiger partial charge in [-0.3, -0.25) is 19.4 Å². The first-order chi connectivity index (χ1) is 15.7. The maximum Gasteiger partial charge on any atom is 0.327 e. The van der Waals surface area contributed by atoms with Crippen LogP contribution in [0.5, 0.6) is 0 Å². The SMILES string of the molecule is CC(C)(O)C(N)=NCC(=O)NC(C(=O)N[C@@H]1C(=O)N2[C@@H]1SC(C)(C)[C@@H]2C(=O)O)c1ccccc1. The fourth-order valence-corrected chi connectivity index (χ4v) is 5.51. The molecule has 11 nitrogen and oxygen atoms in total. The lowest BCUT2D eigenvalue weighted by Gasteiger charge is -2.44. The van der Waals surface area contributed by atoms with Crippen LogP contribution in [-0.4, -0.2) is 79.0 Å². The van der Waals surface area contributed by atoms with E-state index in [1.807, 2.05) is 0 Å². The van der Waals surface area contributed by atoms with Crippen LogP contribution in [0.15, 0.2) is 35.3 Å². The van der Waals surface area contributed by atoms with Crippen molar-refractivity contribution < 1.29 is 29.4 Å². The van der Waals surface area contributed by atoms with Crippen LogP contribution in [-0.2, 0) is 19.2 Å². The molecule has 184 valence electrons. The summed E-state index contributed by atoms with van der Waals surface area (Å²) in [7, 11) is 0. The van der Waals surface area contributed by atoms with E-state index in [2.05, 4.69) is 15.6 Å². The fraction of sp³-hybridized carbons (Fsp3) is 0.500. The molecule has 2 aliphatic heterocycles. The topological polar surface area (TPSA) is 174 Å². The van der Waals surface area contributed by atoms with E-state index in [1.54, 1.807) is 44.2 Å². The van der Waals surface area contributed by atoms with Crippen LogP contribution in [0.4, 0.5) is 0 Å². The Hall–Kier alpha value is -3.12. The summed E-state index contributed by atoms with van der Waals surface area (Å²) in [6.07, 6.45) is 0. The van der Waals surface area contributed by atoms with Gasteiger partial charge in [0.1, 0.15) is 41.5 Å². The minimum atomic E-state index is -1.40. The number of aliphatic hydroxyl groups is 1. The second-order valence-electron chi connectivity index (χ2n) is 9.26. The van der Waals surface area contributed by atoms with Crippen molar-refractivity contribution in [3.63, 3.8) is 0 Å². The Morgan fingerprint density at radius 3 is 2.44 bits per heavy atom. The molecule has 2 saturated heterocycles. The third-order valence-electron chi connectivity index (χ3n) is 5.69. The van der Waals surface area contributed by atoms with Crippen LogP contribution in [0.3, 0.4) is 0 Å². The Balaban J connectivity index is 1.74. The van der Waals surface area contributed by atoms with Crippen LogP contribution in [0, 0.1) is 0 Å². The number of aliphatic imine (C=N–C) groups is 1. The number of thioether (sulfide) groups is 1. The van der Waals surface area contributed by atoms with E-state index in [4.69, 9.17) is 5.73 Å². The number of nitrogens with zero attached hydrogens (tertiary/aromatic N) is 2. The number of fused-ring (bicyclic) bond motifs is 1. The van der Waals surface area contributed by atoms with Gasteiger partial charge in [0.05, 0.1) is 0 Å². The molecule has 1 aromatic carbocycles. The average Bonchev–Trinajstić information content (AvgIpc) is 3.01. The number of carboxylic acids is 1. The van der Waals surface area contributed by atoms with Gasteiger partial charge in [-0.1, -0.05) is 30.3 Å². The van der Waals surface area contributed by atoms with Crippen molar-refractivity contribution in [2.75, 3.05) is 6.54 Å². The first-order valence-corrected chi connectivity index (χ1v) is 11.5. The normalized spacial score (nSPS) is 24.6. The molecule has 0 saturated carbocycles. The number of hydrogen-bond donors (Lipinski definition) is 5. The van der Waals surface area contributed by atoms with Crippen LogP contribution in [0.25, 0.3) is 0 Å². The zero-order valence-corrected chi connectivity index (χ0v) is 20.1. The maximum absolute atomic E-state index is 13.2. The first-order valence-electron chi connectivity index (χ1n) is 10.6. The summed E-state index contributed by atoms with van der Waals surface area (Å²) < 4.78 is -0.725. The number of hydrogen-bond acceptors (Lipinski definition) is 7. The van der Waals surface area contributed by atoms with Crippen LogP contribution in [0.1, 0.15) is 39.3 Å². The molecule has 4 atom stereocenters. The summed E-state index contributed by atoms with van der Waals surface area (Å²) in [5.41, 5.74) is 4.76. The summed E-state index contributed by atoms with van der Waals surface area (Å²) in [4.78, 5) is 55.2. The van der Waals surface area contributed by atoms with Gasteiger partial charge < -0.3 is 31.5 Å². The molecule has 0 spiro atoms. The van der Waals surface area contributed by atoms with Crippen LogP contribution >= 0.6 is 11.8 Å². The smallest absolute Gasteiger partial charge is 0.327 e. The van der Waals surface area contributed by atoms with Crippen LogP contribution in [0.2, 0.25) is 0 Å². The predicted octanol–water partition coefficient (Wildman–Crippen LogP) is -0.396. The number of rotatable bonds is 8. The summed E-state index contributed by atoms with van der Waals surface area (Å²) in [6.45, 7) is 5.94. The van der Waals surface area contributed by atoms with Crippen molar-refractivity contribution in [3.05, 3.63) is 35.9 Å². The molecule has 34 heavy (non-hydrogen) atoms. The Labute approximate surface area is 201 Å². The van der Waals surface area contributed by atoms with Gasteiger partial charge in [0.15, 0.2) is 0 Å². The average molecular weight is 492 g/mol. The van der Waals surface area contributed by atoms with Gasteiger partial charge in [0.25, 0.3) is 0 Å². The minimum absolute atomic E-state index is 0.127. The first kappa shape index (κ1) is 25.5. The Kier molecular flexibility index (Phi) is 6.94. The summed E-state index contributed by atoms with van der Waals surface area (Å²) in [5.74, 6) is -2.94. The lowest BCUT2D eigenvalue weighted by atomic mass is 9.95. The van der Waals surface area contributed by atoms with E-state index in [9.17, 15) is 29.4 Å². The van der Waals surface area contributed by atoms with Crippen molar-refractivity contribution in [3.8, 4) is 0 Å². The minimum Gasteiger partial charge on any atom is -0.480 e. The predicted molar refractivity (Wildman–Crippen MR) is 126 cm³/mol. The zero-order chi connectivity index (χ0) is 25.4. The number of benzene rings is 1. The Morgan fingerprint density at radius 2 is 1.88 bits per heavy atom. The number of nitrogens with two attached hydrogens (primary N) is 1. The van der Waals surface area contributed by atoms with Crippen molar-refractivity contribution >= 4 is 41.3 Å². The molecule has 0 aliphatic carbocycles. The monoisotopic (exact) mass is 491 g/mol. The highest BCUT2D eigenvalue weighted by Crippen LogP contribution is 2.50. The molecule has 6 N–H and O–H groups in total. The van der Waals surface area contributed by atoms with Gasteiger partial charge in [-0.2, -0.15) is 0 Å². The van der Waals surface area contributed by atoms with Gasteiger partial charge in [-0.25, -0.2) is 4.79 Å². The van der Waals surface area contributed by atoms with Crippen molar-refractivity contribution in [2.45, 2.75) is 61.5 Å². The lowest BCUT2D eigenvalue weighted by Crippen LogP contribution is -2.71. The second-order valence-corrected chi connectivity index (χ2v) is 11.0. The largest absolute Gasteiger partial charge is 0.480 e. The van der Waals surface area contributed by atoms with Gasteiger partial charge in [0, 0.05) is 4.75 Å². The molecular weight excluding hydrogens is 462 g/mol.